The van der Waals surface area contributed by atoms with Gasteiger partial charge in [-0.15, -0.1) is 0 Å². The molecule has 0 radical (unpaired) electrons. The first-order valence-corrected chi connectivity index (χ1v) is 10.4. The molecule has 4 nitrogen and oxygen atoms in total. The molecule has 3 rings (SSSR count). The van der Waals surface area contributed by atoms with Crippen LogP contribution in [0.25, 0.3) is 11.1 Å². The summed E-state index contributed by atoms with van der Waals surface area (Å²) in [6.07, 6.45) is 1.05. The molecule has 5 heteroatoms. The number of ketones is 1. The number of Topliss-reactive ketones (excluding diaryl/α,β-unsaturated/α-hetero) is 1. The quantitative estimate of drug-likeness (QED) is 0.482. The third-order valence-corrected chi connectivity index (χ3v) is 5.52. The molecular formula is C26H27FN2O2. The van der Waals surface area contributed by atoms with Gasteiger partial charge < -0.3 is 4.90 Å². The maximum absolute atomic E-state index is 14.5. The fourth-order valence-corrected chi connectivity index (χ4v) is 3.44. The first-order chi connectivity index (χ1) is 14.8. The average Bonchev–Trinajstić information content (AvgIpc) is 2.77. The number of aryl methyl sites for hydroxylation is 3. The molecule has 1 aromatic heterocycles. The predicted molar refractivity (Wildman–Crippen MR) is 121 cm³/mol. The molecule has 2 aromatic carbocycles. The minimum Gasteiger partial charge on any atom is -0.342 e. The minimum atomic E-state index is -0.551. The van der Waals surface area contributed by atoms with Crippen molar-refractivity contribution in [3.8, 4) is 11.1 Å². The molecule has 3 aromatic rings. The van der Waals surface area contributed by atoms with Gasteiger partial charge in [-0.3, -0.25) is 14.6 Å². The van der Waals surface area contributed by atoms with E-state index in [0.29, 0.717) is 30.5 Å². The second-order valence-electron chi connectivity index (χ2n) is 7.71. The Morgan fingerprint density at radius 2 is 1.65 bits per heavy atom. The van der Waals surface area contributed by atoms with Crippen molar-refractivity contribution in [3.63, 3.8) is 0 Å². The van der Waals surface area contributed by atoms with Crippen LogP contribution >= 0.6 is 0 Å². The van der Waals surface area contributed by atoms with E-state index < -0.39 is 5.82 Å². The number of hydrogen-bond donors (Lipinski definition) is 0. The van der Waals surface area contributed by atoms with E-state index in [9.17, 15) is 14.0 Å². The third kappa shape index (κ3) is 5.23. The van der Waals surface area contributed by atoms with Gasteiger partial charge >= 0.3 is 0 Å². The Balaban J connectivity index is 1.70. The minimum absolute atomic E-state index is 0.0563. The van der Waals surface area contributed by atoms with Crippen LogP contribution in [0, 0.1) is 19.7 Å². The van der Waals surface area contributed by atoms with E-state index >= 15 is 0 Å². The van der Waals surface area contributed by atoms with Gasteiger partial charge in [0.1, 0.15) is 5.82 Å². The molecule has 0 saturated heterocycles. The summed E-state index contributed by atoms with van der Waals surface area (Å²) in [6.45, 7) is 6.26. The Labute approximate surface area is 182 Å². The summed E-state index contributed by atoms with van der Waals surface area (Å²) in [6, 6.07) is 15.7. The lowest BCUT2D eigenvalue weighted by atomic mass is 9.98. The van der Waals surface area contributed by atoms with Crippen LogP contribution in [-0.4, -0.2) is 35.2 Å². The number of benzene rings is 2. The van der Waals surface area contributed by atoms with Crippen LogP contribution in [0.3, 0.4) is 0 Å². The average molecular weight is 419 g/mol. The number of rotatable bonds is 7. The molecule has 31 heavy (non-hydrogen) atoms. The van der Waals surface area contributed by atoms with Gasteiger partial charge in [-0.2, -0.15) is 0 Å². The van der Waals surface area contributed by atoms with Crippen LogP contribution in [0.4, 0.5) is 4.39 Å². The van der Waals surface area contributed by atoms with Crippen LogP contribution in [0.2, 0.25) is 0 Å². The Morgan fingerprint density at radius 1 is 0.968 bits per heavy atom. The number of amides is 1. The van der Waals surface area contributed by atoms with Crippen LogP contribution in [0.1, 0.15) is 51.0 Å². The zero-order valence-corrected chi connectivity index (χ0v) is 18.4. The number of carbonyl (C=O) groups is 2. The first kappa shape index (κ1) is 22.3. The molecule has 0 bridgehead atoms. The molecule has 0 unspecified atom stereocenters. The summed E-state index contributed by atoms with van der Waals surface area (Å²) in [4.78, 5) is 30.7. The topological polar surface area (TPSA) is 50.3 Å². The van der Waals surface area contributed by atoms with Crippen molar-refractivity contribution < 1.29 is 14.0 Å². The van der Waals surface area contributed by atoms with Crippen molar-refractivity contribution in [1.82, 2.24) is 9.88 Å². The van der Waals surface area contributed by atoms with E-state index in [0.717, 1.165) is 22.5 Å². The van der Waals surface area contributed by atoms with Gasteiger partial charge in [0, 0.05) is 37.0 Å². The van der Waals surface area contributed by atoms with Crippen LogP contribution in [-0.2, 0) is 6.42 Å². The third-order valence-electron chi connectivity index (χ3n) is 5.52. The summed E-state index contributed by atoms with van der Waals surface area (Å²) in [5, 5.41) is 0. The van der Waals surface area contributed by atoms with E-state index in [1.54, 1.807) is 37.4 Å². The van der Waals surface area contributed by atoms with Gasteiger partial charge in [0.15, 0.2) is 5.78 Å². The maximum Gasteiger partial charge on any atom is 0.256 e. The molecule has 0 aliphatic carbocycles. The lowest BCUT2D eigenvalue weighted by molar-refractivity contribution is 0.0797. The van der Waals surface area contributed by atoms with E-state index in [-0.39, 0.29) is 17.3 Å². The molecule has 0 aliphatic rings. The van der Waals surface area contributed by atoms with Crippen LogP contribution in [0.5, 0.6) is 0 Å². The Hall–Kier alpha value is -3.34. The molecule has 0 spiro atoms. The molecule has 0 aliphatic heterocycles. The number of aromatic nitrogens is 1. The number of halogens is 1. The van der Waals surface area contributed by atoms with Crippen molar-refractivity contribution in [2.45, 2.75) is 33.6 Å². The van der Waals surface area contributed by atoms with E-state index in [1.165, 1.54) is 17.0 Å². The Kier molecular flexibility index (Phi) is 6.95. The highest BCUT2D eigenvalue weighted by atomic mass is 19.1. The highest BCUT2D eigenvalue weighted by Gasteiger charge is 2.16. The zero-order valence-electron chi connectivity index (χ0n) is 18.4. The van der Waals surface area contributed by atoms with Gasteiger partial charge in [0.05, 0.1) is 5.56 Å². The standard InChI is InChI=1S/C26H27FN2O2/c1-5-29(4)26(31)23-14-12-22(16-24(23)27)20-8-10-21(11-9-20)25(30)15-13-19-7-6-17(2)28-18(19)3/h6-12,14,16H,5,13,15H2,1-4H3. The maximum atomic E-state index is 14.5. The summed E-state index contributed by atoms with van der Waals surface area (Å²) >= 11 is 0. The fraction of sp³-hybridized carbons (Fsp3) is 0.269. The van der Waals surface area contributed by atoms with Crippen LogP contribution in [0.15, 0.2) is 54.6 Å². The van der Waals surface area contributed by atoms with Gasteiger partial charge in [-0.25, -0.2) is 4.39 Å². The highest BCUT2D eigenvalue weighted by molar-refractivity contribution is 5.97. The van der Waals surface area contributed by atoms with Crippen molar-refractivity contribution >= 4 is 11.7 Å². The highest BCUT2D eigenvalue weighted by Crippen LogP contribution is 2.24. The Morgan fingerprint density at radius 3 is 2.26 bits per heavy atom. The summed E-state index contributed by atoms with van der Waals surface area (Å²) in [5.74, 6) is -0.835. The van der Waals surface area contributed by atoms with Gasteiger partial charge in [0.25, 0.3) is 5.91 Å². The summed E-state index contributed by atoms with van der Waals surface area (Å²) in [7, 11) is 1.64. The van der Waals surface area contributed by atoms with Gasteiger partial charge in [-0.05, 0) is 62.1 Å². The van der Waals surface area contributed by atoms with Gasteiger partial charge in [0.2, 0.25) is 0 Å². The number of nitrogens with zero attached hydrogens (tertiary/aromatic N) is 2. The molecule has 0 saturated carbocycles. The van der Waals surface area contributed by atoms with Crippen molar-refractivity contribution in [1.29, 1.82) is 0 Å². The van der Waals surface area contributed by atoms with Crippen molar-refractivity contribution in [3.05, 3.63) is 88.5 Å². The molecule has 1 amide bonds. The lowest BCUT2D eigenvalue weighted by Gasteiger charge is -2.15. The molecule has 160 valence electrons. The molecule has 1 heterocycles. The fourth-order valence-electron chi connectivity index (χ4n) is 3.44. The Bertz CT molecular complexity index is 1110. The first-order valence-electron chi connectivity index (χ1n) is 10.4. The zero-order chi connectivity index (χ0) is 22.5. The predicted octanol–water partition coefficient (Wildman–Crippen LogP) is 5.41. The van der Waals surface area contributed by atoms with E-state index in [4.69, 9.17) is 0 Å². The molecular weight excluding hydrogens is 391 g/mol. The normalized spacial score (nSPS) is 10.7. The van der Waals surface area contributed by atoms with Crippen LogP contribution < -0.4 is 0 Å². The van der Waals surface area contributed by atoms with Crippen molar-refractivity contribution in [2.24, 2.45) is 0 Å². The number of carbonyl (C=O) groups excluding carboxylic acids is 2. The number of pyridine rings is 1. The largest absolute Gasteiger partial charge is 0.342 e. The summed E-state index contributed by atoms with van der Waals surface area (Å²) < 4.78 is 14.5. The lowest BCUT2D eigenvalue weighted by Crippen LogP contribution is -2.27. The SMILES string of the molecule is CCN(C)C(=O)c1ccc(-c2ccc(C(=O)CCc3ccc(C)nc3C)cc2)cc1F. The van der Waals surface area contributed by atoms with Crippen molar-refractivity contribution in [2.75, 3.05) is 13.6 Å². The monoisotopic (exact) mass is 418 g/mol. The molecule has 0 N–H and O–H groups in total. The molecule has 0 atom stereocenters. The number of hydrogen-bond acceptors (Lipinski definition) is 3. The molecule has 0 fully saturated rings. The smallest absolute Gasteiger partial charge is 0.256 e. The van der Waals surface area contributed by atoms with Gasteiger partial charge in [-0.1, -0.05) is 36.4 Å². The second-order valence-corrected chi connectivity index (χ2v) is 7.71. The van der Waals surface area contributed by atoms with E-state index in [2.05, 4.69) is 4.98 Å². The summed E-state index contributed by atoms with van der Waals surface area (Å²) in [5.41, 5.74) is 5.13. The second kappa shape index (κ2) is 9.65. The van der Waals surface area contributed by atoms with E-state index in [1.807, 2.05) is 32.9 Å².